The summed E-state index contributed by atoms with van der Waals surface area (Å²) in [4.78, 5) is 19.1. The standard InChI is InChI=1S/C24H34N8S/c1-18(27-24-28-19-8-2-3-9-20(19)33-24)17-25-10-11-26-21-16-22(31-12-4-5-13-31)30-23(29-21)32-14-6-7-15-32/h2-3,8-9,16,18,25H,4-7,10-15,17H2,1H3,(H,27,28)(H,26,29,30). The van der Waals surface area contributed by atoms with E-state index in [1.165, 1.54) is 30.4 Å². The number of anilines is 4. The lowest BCUT2D eigenvalue weighted by molar-refractivity contribution is 0.642. The van der Waals surface area contributed by atoms with Crippen LogP contribution in [0.5, 0.6) is 0 Å². The van der Waals surface area contributed by atoms with Gasteiger partial charge in [0.05, 0.1) is 10.2 Å². The van der Waals surface area contributed by atoms with E-state index >= 15 is 0 Å². The van der Waals surface area contributed by atoms with Gasteiger partial charge in [-0.1, -0.05) is 23.5 Å². The maximum absolute atomic E-state index is 4.89. The third kappa shape index (κ3) is 5.65. The van der Waals surface area contributed by atoms with Crippen LogP contribution in [0.25, 0.3) is 10.2 Å². The Labute approximate surface area is 199 Å². The zero-order valence-corrected chi connectivity index (χ0v) is 20.2. The molecular weight excluding hydrogens is 432 g/mol. The molecule has 33 heavy (non-hydrogen) atoms. The van der Waals surface area contributed by atoms with Crippen LogP contribution in [0.15, 0.2) is 30.3 Å². The Morgan fingerprint density at radius 2 is 1.70 bits per heavy atom. The molecule has 2 aromatic heterocycles. The van der Waals surface area contributed by atoms with E-state index in [0.717, 1.165) is 74.0 Å². The fraction of sp³-hybridized carbons (Fsp3) is 0.542. The maximum Gasteiger partial charge on any atom is 0.229 e. The number of thiazole rings is 1. The van der Waals surface area contributed by atoms with Gasteiger partial charge in [-0.2, -0.15) is 9.97 Å². The number of nitrogens with zero attached hydrogens (tertiary/aromatic N) is 5. The summed E-state index contributed by atoms with van der Waals surface area (Å²) in [6, 6.07) is 10.7. The molecule has 0 saturated carbocycles. The Morgan fingerprint density at radius 1 is 0.939 bits per heavy atom. The van der Waals surface area contributed by atoms with E-state index in [1.54, 1.807) is 11.3 Å². The van der Waals surface area contributed by atoms with E-state index in [4.69, 9.17) is 9.97 Å². The number of fused-ring (bicyclic) bond motifs is 1. The summed E-state index contributed by atoms with van der Waals surface area (Å²) in [6.07, 6.45) is 4.96. The van der Waals surface area contributed by atoms with Gasteiger partial charge in [0.25, 0.3) is 0 Å². The van der Waals surface area contributed by atoms with Gasteiger partial charge < -0.3 is 25.8 Å². The molecule has 1 aromatic carbocycles. The first-order valence-corrected chi connectivity index (χ1v) is 13.0. The Balaban J connectivity index is 1.11. The molecule has 4 heterocycles. The van der Waals surface area contributed by atoms with Crippen molar-refractivity contribution in [2.45, 2.75) is 38.6 Å². The van der Waals surface area contributed by atoms with Crippen molar-refractivity contribution in [2.75, 3.05) is 66.2 Å². The lowest BCUT2D eigenvalue weighted by atomic mass is 10.3. The van der Waals surface area contributed by atoms with E-state index in [9.17, 15) is 0 Å². The summed E-state index contributed by atoms with van der Waals surface area (Å²) >= 11 is 1.71. The van der Waals surface area contributed by atoms with Crippen molar-refractivity contribution in [1.29, 1.82) is 0 Å². The van der Waals surface area contributed by atoms with Crippen molar-refractivity contribution in [1.82, 2.24) is 20.3 Å². The highest BCUT2D eigenvalue weighted by molar-refractivity contribution is 7.22. The summed E-state index contributed by atoms with van der Waals surface area (Å²) in [5, 5.41) is 11.5. The molecule has 0 radical (unpaired) electrons. The van der Waals surface area contributed by atoms with E-state index in [0.29, 0.717) is 6.04 Å². The molecule has 0 spiro atoms. The summed E-state index contributed by atoms with van der Waals surface area (Å²) in [6.45, 7) is 9.06. The highest BCUT2D eigenvalue weighted by Crippen LogP contribution is 2.26. The second kappa shape index (κ2) is 10.5. The average molecular weight is 467 g/mol. The minimum atomic E-state index is 0.299. The average Bonchev–Trinajstić information content (AvgIpc) is 3.60. The Hall–Kier alpha value is -2.65. The van der Waals surface area contributed by atoms with Crippen molar-refractivity contribution in [3.63, 3.8) is 0 Å². The molecule has 3 aromatic rings. The smallest absolute Gasteiger partial charge is 0.229 e. The zero-order chi connectivity index (χ0) is 22.5. The number of aromatic nitrogens is 3. The Morgan fingerprint density at radius 3 is 2.48 bits per heavy atom. The zero-order valence-electron chi connectivity index (χ0n) is 19.4. The van der Waals surface area contributed by atoms with Crippen LogP contribution in [0.4, 0.5) is 22.7 Å². The van der Waals surface area contributed by atoms with Gasteiger partial charge in [-0.05, 0) is 44.7 Å². The fourth-order valence-corrected chi connectivity index (χ4v) is 5.45. The van der Waals surface area contributed by atoms with Gasteiger partial charge in [0, 0.05) is 57.9 Å². The molecule has 176 valence electrons. The first kappa shape index (κ1) is 22.2. The monoisotopic (exact) mass is 466 g/mol. The molecule has 1 unspecified atom stereocenters. The topological polar surface area (TPSA) is 81.2 Å². The lowest BCUT2D eigenvalue weighted by Gasteiger charge is -2.22. The number of para-hydroxylation sites is 1. The second-order valence-corrected chi connectivity index (χ2v) is 9.99. The summed E-state index contributed by atoms with van der Waals surface area (Å²) < 4.78 is 1.22. The van der Waals surface area contributed by atoms with Crippen molar-refractivity contribution in [3.05, 3.63) is 30.3 Å². The van der Waals surface area contributed by atoms with Crippen LogP contribution in [0.1, 0.15) is 32.6 Å². The fourth-order valence-electron chi connectivity index (χ4n) is 4.47. The highest BCUT2D eigenvalue weighted by Gasteiger charge is 2.20. The van der Waals surface area contributed by atoms with Crippen LogP contribution in [0.2, 0.25) is 0 Å². The molecular formula is C24H34N8S. The molecule has 0 bridgehead atoms. The Bertz CT molecular complexity index is 975. The molecule has 5 rings (SSSR count). The van der Waals surface area contributed by atoms with E-state index in [-0.39, 0.29) is 0 Å². The van der Waals surface area contributed by atoms with Crippen molar-refractivity contribution in [3.8, 4) is 0 Å². The number of rotatable bonds is 10. The largest absolute Gasteiger partial charge is 0.369 e. The third-order valence-corrected chi connectivity index (χ3v) is 7.21. The van der Waals surface area contributed by atoms with Gasteiger partial charge in [0.2, 0.25) is 5.95 Å². The molecule has 2 aliphatic heterocycles. The number of hydrogen-bond acceptors (Lipinski definition) is 9. The molecule has 2 fully saturated rings. The van der Waals surface area contributed by atoms with E-state index in [1.807, 2.05) is 6.07 Å². The quantitative estimate of drug-likeness (QED) is 0.390. The number of nitrogens with one attached hydrogen (secondary N) is 3. The minimum Gasteiger partial charge on any atom is -0.369 e. The molecule has 1 atom stereocenters. The van der Waals surface area contributed by atoms with Crippen LogP contribution >= 0.6 is 11.3 Å². The highest BCUT2D eigenvalue weighted by atomic mass is 32.1. The van der Waals surface area contributed by atoms with Crippen LogP contribution < -0.4 is 25.8 Å². The second-order valence-electron chi connectivity index (χ2n) is 8.96. The van der Waals surface area contributed by atoms with E-state index < -0.39 is 0 Å². The van der Waals surface area contributed by atoms with Crippen molar-refractivity contribution >= 4 is 44.3 Å². The van der Waals surface area contributed by atoms with Crippen LogP contribution in [0.3, 0.4) is 0 Å². The van der Waals surface area contributed by atoms with E-state index in [2.05, 4.69) is 61.9 Å². The number of benzene rings is 1. The minimum absolute atomic E-state index is 0.299. The van der Waals surface area contributed by atoms with Crippen molar-refractivity contribution in [2.24, 2.45) is 0 Å². The molecule has 0 aliphatic carbocycles. The summed E-state index contributed by atoms with van der Waals surface area (Å²) in [7, 11) is 0. The predicted molar refractivity (Wildman–Crippen MR) is 139 cm³/mol. The summed E-state index contributed by atoms with van der Waals surface area (Å²) in [5.41, 5.74) is 1.06. The first-order chi connectivity index (χ1) is 16.2. The first-order valence-electron chi connectivity index (χ1n) is 12.2. The van der Waals surface area contributed by atoms with Crippen LogP contribution in [-0.4, -0.2) is 66.8 Å². The van der Waals surface area contributed by atoms with Gasteiger partial charge in [-0.3, -0.25) is 0 Å². The molecule has 0 amide bonds. The molecule has 3 N–H and O–H groups in total. The van der Waals surface area contributed by atoms with Gasteiger partial charge in [0.1, 0.15) is 11.6 Å². The molecule has 2 saturated heterocycles. The maximum atomic E-state index is 4.89. The van der Waals surface area contributed by atoms with Gasteiger partial charge in [-0.15, -0.1) is 0 Å². The third-order valence-electron chi connectivity index (χ3n) is 6.24. The molecule has 2 aliphatic rings. The SMILES string of the molecule is CC(CNCCNc1cc(N2CCCC2)nc(N2CCCC2)n1)Nc1nc2ccccc2s1. The van der Waals surface area contributed by atoms with Crippen LogP contribution in [-0.2, 0) is 0 Å². The van der Waals surface area contributed by atoms with Gasteiger partial charge in [0.15, 0.2) is 5.13 Å². The number of hydrogen-bond donors (Lipinski definition) is 3. The normalized spacial score (nSPS) is 17.1. The molecule has 9 heteroatoms. The molecule has 8 nitrogen and oxygen atoms in total. The lowest BCUT2D eigenvalue weighted by Crippen LogP contribution is -2.33. The predicted octanol–water partition coefficient (Wildman–Crippen LogP) is 3.79. The van der Waals surface area contributed by atoms with Crippen molar-refractivity contribution < 1.29 is 0 Å². The van der Waals surface area contributed by atoms with Gasteiger partial charge in [-0.25, -0.2) is 4.98 Å². The van der Waals surface area contributed by atoms with Crippen LogP contribution in [0, 0.1) is 0 Å². The van der Waals surface area contributed by atoms with Gasteiger partial charge >= 0.3 is 0 Å². The Kier molecular flexibility index (Phi) is 7.06. The summed E-state index contributed by atoms with van der Waals surface area (Å²) in [5.74, 6) is 2.87.